The van der Waals surface area contributed by atoms with Crippen LogP contribution in [0.5, 0.6) is 11.5 Å². The molecule has 0 fully saturated rings. The van der Waals surface area contributed by atoms with Crippen molar-refractivity contribution in [1.82, 2.24) is 5.32 Å². The van der Waals surface area contributed by atoms with Gasteiger partial charge in [0.25, 0.3) is 11.6 Å². The molecule has 134 valence electrons. The van der Waals surface area contributed by atoms with Gasteiger partial charge in [-0.15, -0.1) is 0 Å². The number of nitro benzene ring substituents is 1. The number of hydrogen-bond acceptors (Lipinski definition) is 5. The predicted octanol–water partition coefficient (Wildman–Crippen LogP) is 3.17. The molecule has 0 bridgehead atoms. The maximum Gasteiger partial charge on any atom is 0.286 e. The first kappa shape index (κ1) is 16.4. The lowest BCUT2D eigenvalue weighted by Gasteiger charge is -2.26. The third kappa shape index (κ3) is 2.96. The van der Waals surface area contributed by atoms with Gasteiger partial charge in [-0.25, -0.2) is 0 Å². The molecule has 1 atom stereocenters. The maximum absolute atomic E-state index is 12.8. The predicted molar refractivity (Wildman–Crippen MR) is 93.7 cm³/mol. The number of ether oxygens (including phenoxy) is 2. The SMILES string of the molecule is O=C(N[C@H]1CCCc2ccccc21)c1cc2c(cc1[N+](=O)[O-])OCCO2. The molecular formula is C19H18N2O5. The number of hydrogen-bond donors (Lipinski definition) is 1. The Morgan fingerprint density at radius 1 is 1.15 bits per heavy atom. The van der Waals surface area contributed by atoms with Gasteiger partial charge in [0.05, 0.1) is 17.0 Å². The van der Waals surface area contributed by atoms with Gasteiger partial charge in [-0.3, -0.25) is 14.9 Å². The zero-order valence-electron chi connectivity index (χ0n) is 14.1. The van der Waals surface area contributed by atoms with E-state index in [0.717, 1.165) is 24.8 Å². The first-order chi connectivity index (χ1) is 12.6. The van der Waals surface area contributed by atoms with Crippen LogP contribution in [-0.4, -0.2) is 24.0 Å². The van der Waals surface area contributed by atoms with Gasteiger partial charge in [-0.2, -0.15) is 0 Å². The number of fused-ring (bicyclic) bond motifs is 2. The second-order valence-electron chi connectivity index (χ2n) is 6.39. The Labute approximate surface area is 150 Å². The standard InChI is InChI=1S/C19H18N2O5/c22-19(20-15-7-3-5-12-4-1-2-6-13(12)15)14-10-17-18(26-9-8-25-17)11-16(14)21(23)24/h1-2,4,6,10-11,15H,3,5,7-9H2,(H,20,22)/t15-/m0/s1. The average Bonchev–Trinajstić information content (AvgIpc) is 2.67. The molecule has 0 unspecified atom stereocenters. The van der Waals surface area contributed by atoms with E-state index >= 15 is 0 Å². The van der Waals surface area contributed by atoms with Crippen molar-refractivity contribution in [2.75, 3.05) is 13.2 Å². The van der Waals surface area contributed by atoms with Crippen LogP contribution in [0.25, 0.3) is 0 Å². The molecule has 0 saturated heterocycles. The summed E-state index contributed by atoms with van der Waals surface area (Å²) in [5.74, 6) is 0.175. The number of nitrogens with one attached hydrogen (secondary N) is 1. The molecule has 7 nitrogen and oxygen atoms in total. The van der Waals surface area contributed by atoms with Gasteiger partial charge in [-0.05, 0) is 30.4 Å². The number of rotatable bonds is 3. The molecule has 1 heterocycles. The maximum atomic E-state index is 12.8. The highest BCUT2D eigenvalue weighted by molar-refractivity contribution is 5.99. The van der Waals surface area contributed by atoms with Crippen LogP contribution in [0.15, 0.2) is 36.4 Å². The third-order valence-electron chi connectivity index (χ3n) is 4.78. The molecule has 0 spiro atoms. The number of aryl methyl sites for hydroxylation is 1. The summed E-state index contributed by atoms with van der Waals surface area (Å²) >= 11 is 0. The topological polar surface area (TPSA) is 90.7 Å². The zero-order chi connectivity index (χ0) is 18.1. The largest absolute Gasteiger partial charge is 0.486 e. The van der Waals surface area contributed by atoms with Crippen LogP contribution >= 0.6 is 0 Å². The highest BCUT2D eigenvalue weighted by Gasteiger charge is 2.29. The van der Waals surface area contributed by atoms with Crippen molar-refractivity contribution >= 4 is 11.6 Å². The number of nitrogens with zero attached hydrogens (tertiary/aromatic N) is 1. The number of nitro groups is 1. The summed E-state index contributed by atoms with van der Waals surface area (Å²) in [5.41, 5.74) is 1.99. The normalized spacial score (nSPS) is 17.9. The minimum absolute atomic E-state index is 0.0118. The van der Waals surface area contributed by atoms with Crippen LogP contribution in [0, 0.1) is 10.1 Å². The van der Waals surface area contributed by atoms with E-state index in [1.54, 1.807) is 0 Å². The average molecular weight is 354 g/mol. The molecule has 2 aromatic rings. The van der Waals surface area contributed by atoms with Crippen molar-refractivity contribution in [1.29, 1.82) is 0 Å². The molecule has 4 rings (SSSR count). The molecular weight excluding hydrogens is 336 g/mol. The van der Waals surface area contributed by atoms with Crippen molar-refractivity contribution in [3.8, 4) is 11.5 Å². The summed E-state index contributed by atoms with van der Waals surface area (Å²) < 4.78 is 10.9. The summed E-state index contributed by atoms with van der Waals surface area (Å²) in [6.07, 6.45) is 2.75. The minimum Gasteiger partial charge on any atom is -0.486 e. The third-order valence-corrected chi connectivity index (χ3v) is 4.78. The van der Waals surface area contributed by atoms with Gasteiger partial charge in [0.1, 0.15) is 18.8 Å². The molecule has 2 aromatic carbocycles. The molecule has 7 heteroatoms. The van der Waals surface area contributed by atoms with Gasteiger partial charge in [-0.1, -0.05) is 24.3 Å². The van der Waals surface area contributed by atoms with Crippen molar-refractivity contribution in [2.45, 2.75) is 25.3 Å². The molecule has 2 aliphatic rings. The van der Waals surface area contributed by atoms with E-state index in [0.29, 0.717) is 24.7 Å². The second kappa shape index (κ2) is 6.67. The number of amides is 1. The van der Waals surface area contributed by atoms with Gasteiger partial charge in [0.2, 0.25) is 0 Å². The highest BCUT2D eigenvalue weighted by atomic mass is 16.6. The van der Waals surface area contributed by atoms with Crippen molar-refractivity contribution in [3.05, 3.63) is 63.2 Å². The lowest BCUT2D eigenvalue weighted by molar-refractivity contribution is -0.385. The highest BCUT2D eigenvalue weighted by Crippen LogP contribution is 2.37. The summed E-state index contributed by atoms with van der Waals surface area (Å²) in [4.78, 5) is 23.7. The minimum atomic E-state index is -0.567. The van der Waals surface area contributed by atoms with Crippen LogP contribution in [-0.2, 0) is 6.42 Å². The molecule has 1 aliphatic carbocycles. The summed E-state index contributed by atoms with van der Waals surface area (Å²) in [7, 11) is 0. The number of carbonyl (C=O) groups excluding carboxylic acids is 1. The van der Waals surface area contributed by atoms with Crippen LogP contribution in [0.2, 0.25) is 0 Å². The second-order valence-corrected chi connectivity index (χ2v) is 6.39. The molecule has 26 heavy (non-hydrogen) atoms. The van der Waals surface area contributed by atoms with E-state index in [-0.39, 0.29) is 17.3 Å². The quantitative estimate of drug-likeness (QED) is 0.675. The number of carbonyl (C=O) groups is 1. The number of benzene rings is 2. The fourth-order valence-electron chi connectivity index (χ4n) is 3.55. The van der Waals surface area contributed by atoms with Crippen molar-refractivity contribution in [3.63, 3.8) is 0 Å². The Bertz CT molecular complexity index is 880. The molecule has 0 radical (unpaired) electrons. The Morgan fingerprint density at radius 2 is 1.88 bits per heavy atom. The Morgan fingerprint density at radius 3 is 2.65 bits per heavy atom. The first-order valence-corrected chi connectivity index (χ1v) is 8.60. The first-order valence-electron chi connectivity index (χ1n) is 8.60. The van der Waals surface area contributed by atoms with Gasteiger partial charge >= 0.3 is 0 Å². The Balaban J connectivity index is 1.65. The van der Waals surface area contributed by atoms with E-state index in [2.05, 4.69) is 11.4 Å². The summed E-state index contributed by atoms with van der Waals surface area (Å²) in [6.45, 7) is 0.677. The lowest BCUT2D eigenvalue weighted by Crippen LogP contribution is -2.31. The van der Waals surface area contributed by atoms with Crippen LogP contribution in [0.3, 0.4) is 0 Å². The van der Waals surface area contributed by atoms with E-state index < -0.39 is 10.8 Å². The van der Waals surface area contributed by atoms with Crippen LogP contribution in [0.1, 0.15) is 40.4 Å². The van der Waals surface area contributed by atoms with Gasteiger partial charge in [0, 0.05) is 6.07 Å². The molecule has 1 amide bonds. The fourth-order valence-corrected chi connectivity index (χ4v) is 3.55. The van der Waals surface area contributed by atoms with E-state index in [4.69, 9.17) is 9.47 Å². The molecule has 0 aromatic heterocycles. The molecule has 0 saturated carbocycles. The van der Waals surface area contributed by atoms with E-state index in [1.165, 1.54) is 17.7 Å². The molecule has 1 aliphatic heterocycles. The molecule has 1 N–H and O–H groups in total. The van der Waals surface area contributed by atoms with Gasteiger partial charge in [0.15, 0.2) is 11.5 Å². The Kier molecular flexibility index (Phi) is 4.20. The van der Waals surface area contributed by atoms with Gasteiger partial charge < -0.3 is 14.8 Å². The monoisotopic (exact) mass is 354 g/mol. The lowest BCUT2D eigenvalue weighted by atomic mass is 9.87. The van der Waals surface area contributed by atoms with Crippen molar-refractivity contribution in [2.24, 2.45) is 0 Å². The van der Waals surface area contributed by atoms with Crippen molar-refractivity contribution < 1.29 is 19.2 Å². The zero-order valence-corrected chi connectivity index (χ0v) is 14.1. The van der Waals surface area contributed by atoms with E-state index in [9.17, 15) is 14.9 Å². The van der Waals surface area contributed by atoms with Crippen LogP contribution in [0.4, 0.5) is 5.69 Å². The fraction of sp³-hybridized carbons (Fsp3) is 0.316. The summed E-state index contributed by atoms with van der Waals surface area (Å²) in [5, 5.41) is 14.4. The smallest absolute Gasteiger partial charge is 0.286 e. The van der Waals surface area contributed by atoms with E-state index in [1.807, 2.05) is 18.2 Å². The van der Waals surface area contributed by atoms with Crippen LogP contribution < -0.4 is 14.8 Å². The Hall–Kier alpha value is -3.09. The summed E-state index contributed by atoms with van der Waals surface area (Å²) in [6, 6.07) is 10.5.